The summed E-state index contributed by atoms with van der Waals surface area (Å²) in [6.07, 6.45) is -2.41. The highest BCUT2D eigenvalue weighted by atomic mass is 32.2. The molecule has 4 rings (SSSR count). The number of ether oxygens (including phenoxy) is 1. The fourth-order valence-electron chi connectivity index (χ4n) is 3.56. The second-order valence-electron chi connectivity index (χ2n) is 7.45. The van der Waals surface area contributed by atoms with Gasteiger partial charge in [0.15, 0.2) is 0 Å². The minimum absolute atomic E-state index is 0.00337. The Bertz CT molecular complexity index is 1080. The highest BCUT2D eigenvalue weighted by molar-refractivity contribution is 7.96. The first-order chi connectivity index (χ1) is 14.8. The lowest BCUT2D eigenvalue weighted by atomic mass is 9.98. The Kier molecular flexibility index (Phi) is 6.11. The molecule has 8 heteroatoms. The van der Waals surface area contributed by atoms with Crippen LogP contribution >= 0.6 is 11.9 Å². The fourth-order valence-corrected chi connectivity index (χ4v) is 3.97. The third-order valence-electron chi connectivity index (χ3n) is 5.26. The SMILES string of the molecule is CSNCC1CN(C(=O)c2ccc3c(Oc4ccc(C(F)(F)F)cc4)cccc3c2)C1. The van der Waals surface area contributed by atoms with Gasteiger partial charge in [-0.05, 0) is 60.2 Å². The molecule has 0 spiro atoms. The third kappa shape index (κ3) is 4.80. The predicted octanol–water partition coefficient (Wildman–Crippen LogP) is 5.59. The Morgan fingerprint density at radius 2 is 1.87 bits per heavy atom. The molecule has 1 aliphatic rings. The number of nitrogens with one attached hydrogen (secondary N) is 1. The van der Waals surface area contributed by atoms with Crippen molar-refractivity contribution in [3.63, 3.8) is 0 Å². The Morgan fingerprint density at radius 3 is 2.55 bits per heavy atom. The van der Waals surface area contributed by atoms with Gasteiger partial charge in [-0.1, -0.05) is 24.1 Å². The lowest BCUT2D eigenvalue weighted by Gasteiger charge is -2.39. The molecular formula is C23H21F3N2O2S. The standard InChI is InChI=1S/C23H21F3N2O2S/c1-31-27-12-15-13-28(14-15)22(29)17-5-10-20-16(11-17)3-2-4-21(20)30-19-8-6-18(7-9-19)23(24,25)26/h2-11,15,27H,12-14H2,1H3. The fraction of sp³-hybridized carbons (Fsp3) is 0.261. The molecule has 0 unspecified atom stereocenters. The van der Waals surface area contributed by atoms with Crippen LogP contribution in [0.4, 0.5) is 13.2 Å². The van der Waals surface area contributed by atoms with Crippen LogP contribution in [0.5, 0.6) is 11.5 Å². The van der Waals surface area contributed by atoms with Crippen molar-refractivity contribution >= 4 is 28.6 Å². The smallest absolute Gasteiger partial charge is 0.416 e. The first kappa shape index (κ1) is 21.5. The van der Waals surface area contributed by atoms with Crippen molar-refractivity contribution in [1.82, 2.24) is 9.62 Å². The van der Waals surface area contributed by atoms with Crippen LogP contribution in [0.3, 0.4) is 0 Å². The Labute approximate surface area is 182 Å². The number of carbonyl (C=O) groups is 1. The number of hydrogen-bond donors (Lipinski definition) is 1. The van der Waals surface area contributed by atoms with E-state index in [0.29, 0.717) is 23.0 Å². The van der Waals surface area contributed by atoms with Gasteiger partial charge in [0.1, 0.15) is 11.5 Å². The topological polar surface area (TPSA) is 41.6 Å². The van der Waals surface area contributed by atoms with Crippen molar-refractivity contribution in [2.75, 3.05) is 25.9 Å². The predicted molar refractivity (Wildman–Crippen MR) is 116 cm³/mol. The Hall–Kier alpha value is -2.71. The number of amides is 1. The summed E-state index contributed by atoms with van der Waals surface area (Å²) in [5.74, 6) is 1.30. The van der Waals surface area contributed by atoms with Crippen molar-refractivity contribution in [2.24, 2.45) is 5.92 Å². The average Bonchev–Trinajstić information content (AvgIpc) is 2.72. The molecule has 31 heavy (non-hydrogen) atoms. The number of rotatable bonds is 6. The first-order valence-electron chi connectivity index (χ1n) is 9.78. The number of likely N-dealkylation sites (tertiary alicyclic amines) is 1. The van der Waals surface area contributed by atoms with E-state index >= 15 is 0 Å². The summed E-state index contributed by atoms with van der Waals surface area (Å²) in [5, 5.41) is 1.61. The highest BCUT2D eigenvalue weighted by Crippen LogP contribution is 2.34. The highest BCUT2D eigenvalue weighted by Gasteiger charge is 2.31. The van der Waals surface area contributed by atoms with Gasteiger partial charge in [0.2, 0.25) is 0 Å². The summed E-state index contributed by atoms with van der Waals surface area (Å²) >= 11 is 1.57. The molecule has 0 saturated carbocycles. The van der Waals surface area contributed by atoms with Crippen molar-refractivity contribution in [3.05, 3.63) is 71.8 Å². The van der Waals surface area contributed by atoms with Crippen molar-refractivity contribution < 1.29 is 22.7 Å². The van der Waals surface area contributed by atoms with E-state index in [9.17, 15) is 18.0 Å². The minimum atomic E-state index is -4.39. The van der Waals surface area contributed by atoms with E-state index in [4.69, 9.17) is 4.74 Å². The van der Waals surface area contributed by atoms with Gasteiger partial charge in [-0.15, -0.1) is 0 Å². The molecule has 0 aliphatic carbocycles. The van der Waals surface area contributed by atoms with Gasteiger partial charge >= 0.3 is 6.18 Å². The van der Waals surface area contributed by atoms with E-state index in [0.717, 1.165) is 42.5 Å². The molecule has 1 aliphatic heterocycles. The first-order valence-corrected chi connectivity index (χ1v) is 11.0. The Morgan fingerprint density at radius 1 is 1.13 bits per heavy atom. The van der Waals surface area contributed by atoms with E-state index in [1.54, 1.807) is 30.1 Å². The minimum Gasteiger partial charge on any atom is -0.457 e. The van der Waals surface area contributed by atoms with Crippen LogP contribution < -0.4 is 9.46 Å². The largest absolute Gasteiger partial charge is 0.457 e. The van der Waals surface area contributed by atoms with E-state index in [-0.39, 0.29) is 5.91 Å². The zero-order valence-electron chi connectivity index (χ0n) is 16.8. The number of nitrogens with zero attached hydrogens (tertiary/aromatic N) is 1. The number of benzene rings is 3. The lowest BCUT2D eigenvalue weighted by Crippen LogP contribution is -2.52. The van der Waals surface area contributed by atoms with Crippen LogP contribution in [0.1, 0.15) is 15.9 Å². The maximum absolute atomic E-state index is 12.8. The molecule has 1 N–H and O–H groups in total. The molecule has 3 aromatic rings. The van der Waals surface area contributed by atoms with Gasteiger partial charge in [-0.25, -0.2) is 0 Å². The van der Waals surface area contributed by atoms with Gasteiger partial charge in [-0.2, -0.15) is 13.2 Å². The van der Waals surface area contributed by atoms with E-state index < -0.39 is 11.7 Å². The second-order valence-corrected chi connectivity index (χ2v) is 8.14. The molecule has 4 nitrogen and oxygen atoms in total. The van der Waals surface area contributed by atoms with Crippen LogP contribution in [0, 0.1) is 5.92 Å². The summed E-state index contributed by atoms with van der Waals surface area (Å²) in [4.78, 5) is 14.6. The van der Waals surface area contributed by atoms with E-state index in [1.807, 2.05) is 29.4 Å². The normalized spacial score (nSPS) is 14.5. The molecule has 0 bridgehead atoms. The monoisotopic (exact) mass is 446 g/mol. The summed E-state index contributed by atoms with van der Waals surface area (Å²) in [5.41, 5.74) is -0.117. The quantitative estimate of drug-likeness (QED) is 0.501. The van der Waals surface area contributed by atoms with Gasteiger partial charge in [0, 0.05) is 36.5 Å². The molecule has 0 atom stereocenters. The molecule has 162 valence electrons. The number of hydrogen-bond acceptors (Lipinski definition) is 4. The van der Waals surface area contributed by atoms with Crippen LogP contribution in [0.25, 0.3) is 10.8 Å². The zero-order valence-corrected chi connectivity index (χ0v) is 17.6. The Balaban J connectivity index is 1.49. The van der Waals surface area contributed by atoms with Crippen molar-refractivity contribution in [3.8, 4) is 11.5 Å². The number of alkyl halides is 3. The maximum atomic E-state index is 12.8. The molecule has 1 amide bonds. The van der Waals surface area contributed by atoms with E-state index in [1.165, 1.54) is 12.1 Å². The third-order valence-corrected chi connectivity index (χ3v) is 5.71. The summed E-state index contributed by atoms with van der Waals surface area (Å²) in [6, 6.07) is 15.4. The zero-order chi connectivity index (χ0) is 22.0. The number of carbonyl (C=O) groups excluding carboxylic acids is 1. The molecule has 3 aromatic carbocycles. The number of halogens is 3. The molecular weight excluding hydrogens is 425 g/mol. The molecule has 1 heterocycles. The van der Waals surface area contributed by atoms with E-state index in [2.05, 4.69) is 4.72 Å². The lowest BCUT2D eigenvalue weighted by molar-refractivity contribution is -0.137. The second kappa shape index (κ2) is 8.80. The van der Waals surface area contributed by atoms with Crippen LogP contribution in [0.2, 0.25) is 0 Å². The van der Waals surface area contributed by atoms with Crippen molar-refractivity contribution in [1.29, 1.82) is 0 Å². The van der Waals surface area contributed by atoms with Crippen LogP contribution in [-0.4, -0.2) is 36.7 Å². The molecule has 0 radical (unpaired) electrons. The summed E-state index contributed by atoms with van der Waals surface area (Å²) in [6.45, 7) is 2.36. The van der Waals surface area contributed by atoms with Gasteiger partial charge in [-0.3, -0.25) is 9.52 Å². The number of fused-ring (bicyclic) bond motifs is 1. The van der Waals surface area contributed by atoms with Gasteiger partial charge < -0.3 is 9.64 Å². The summed E-state index contributed by atoms with van der Waals surface area (Å²) in [7, 11) is 0. The molecule has 1 saturated heterocycles. The van der Waals surface area contributed by atoms with Crippen molar-refractivity contribution in [2.45, 2.75) is 6.18 Å². The molecule has 0 aromatic heterocycles. The van der Waals surface area contributed by atoms with Gasteiger partial charge in [0.05, 0.1) is 5.56 Å². The van der Waals surface area contributed by atoms with Gasteiger partial charge in [0.25, 0.3) is 5.91 Å². The van der Waals surface area contributed by atoms with Crippen LogP contribution in [0.15, 0.2) is 60.7 Å². The summed E-state index contributed by atoms with van der Waals surface area (Å²) < 4.78 is 47.3. The van der Waals surface area contributed by atoms with Crippen LogP contribution in [-0.2, 0) is 6.18 Å². The molecule has 1 fully saturated rings. The average molecular weight is 446 g/mol. The maximum Gasteiger partial charge on any atom is 0.416 e.